The fraction of sp³-hybridized carbons (Fsp3) is 0. The van der Waals surface area contributed by atoms with Crippen LogP contribution in [0.5, 0.6) is 0 Å². The third kappa shape index (κ3) is 2.91. The molecule has 4 rings (SSSR count). The zero-order valence-corrected chi connectivity index (χ0v) is 13.5. The molecule has 4 aromatic rings. The summed E-state index contributed by atoms with van der Waals surface area (Å²) in [5, 5.41) is 0.783. The smallest absolute Gasteiger partial charge is 0.271 e. The second-order valence-corrected chi connectivity index (χ2v) is 5.53. The van der Waals surface area contributed by atoms with Gasteiger partial charge in [0.05, 0.1) is 11.1 Å². The maximum atomic E-state index is 12.3. The van der Waals surface area contributed by atoms with E-state index in [4.69, 9.17) is 0 Å². The fourth-order valence-corrected chi connectivity index (χ4v) is 2.58. The van der Waals surface area contributed by atoms with Gasteiger partial charge in [-0.3, -0.25) is 25.0 Å². The maximum Gasteiger partial charge on any atom is 0.271 e. The van der Waals surface area contributed by atoms with Crippen LogP contribution in [0.4, 0.5) is 0 Å². The van der Waals surface area contributed by atoms with Gasteiger partial charge < -0.3 is 4.98 Å². The van der Waals surface area contributed by atoms with Crippen LogP contribution in [0.1, 0.15) is 20.7 Å². The largest absolute Gasteiger partial charge is 0.360 e. The maximum absolute atomic E-state index is 12.3. The van der Waals surface area contributed by atoms with Gasteiger partial charge in [0.2, 0.25) is 0 Å². The number of nitrogens with zero attached hydrogens (tertiary/aromatic N) is 3. The van der Waals surface area contributed by atoms with Gasteiger partial charge in [0.1, 0.15) is 12.1 Å². The molecular weight excluding hydrogens is 332 g/mol. The number of benzene rings is 1. The number of fused-ring (bicyclic) bond motifs is 1. The van der Waals surface area contributed by atoms with Gasteiger partial charge in [0.25, 0.3) is 11.8 Å². The molecule has 0 spiro atoms. The topological polar surface area (TPSA) is 105 Å². The molecule has 8 heteroatoms. The molecule has 0 saturated carbocycles. The van der Waals surface area contributed by atoms with Crippen LogP contribution < -0.4 is 10.9 Å². The number of aromatic nitrogens is 4. The Morgan fingerprint density at radius 1 is 1.04 bits per heavy atom. The number of hydrazine groups is 1. The zero-order chi connectivity index (χ0) is 17.9. The Morgan fingerprint density at radius 2 is 1.88 bits per heavy atom. The summed E-state index contributed by atoms with van der Waals surface area (Å²) in [6.07, 6.45) is 8.05. The van der Waals surface area contributed by atoms with E-state index in [9.17, 15) is 9.59 Å². The van der Waals surface area contributed by atoms with Crippen molar-refractivity contribution >= 4 is 22.7 Å². The van der Waals surface area contributed by atoms with Gasteiger partial charge in [0, 0.05) is 35.7 Å². The molecule has 26 heavy (non-hydrogen) atoms. The summed E-state index contributed by atoms with van der Waals surface area (Å²) < 4.78 is 1.72. The first kappa shape index (κ1) is 15.6. The SMILES string of the molecule is O=C(NNC(=O)c1c[nH]c2ccccc12)c1ccc(-n2ccnc2)nc1. The van der Waals surface area contributed by atoms with Crippen LogP contribution in [0.25, 0.3) is 16.7 Å². The summed E-state index contributed by atoms with van der Waals surface area (Å²) in [7, 11) is 0. The van der Waals surface area contributed by atoms with Crippen molar-refractivity contribution in [2.75, 3.05) is 0 Å². The average molecular weight is 346 g/mol. The van der Waals surface area contributed by atoms with Gasteiger partial charge in [0.15, 0.2) is 0 Å². The van der Waals surface area contributed by atoms with E-state index in [-0.39, 0.29) is 0 Å². The number of carbonyl (C=O) groups excluding carboxylic acids is 2. The molecular formula is C18H14N6O2. The number of hydrogen-bond donors (Lipinski definition) is 3. The van der Waals surface area contributed by atoms with Crippen LogP contribution in [0.15, 0.2) is 67.5 Å². The Labute approximate surface area is 147 Å². The number of aromatic amines is 1. The Morgan fingerprint density at radius 3 is 2.65 bits per heavy atom. The van der Waals surface area contributed by atoms with Gasteiger partial charge in [-0.05, 0) is 18.2 Å². The lowest BCUT2D eigenvalue weighted by atomic mass is 10.2. The van der Waals surface area contributed by atoms with Gasteiger partial charge in [-0.2, -0.15) is 0 Å². The first-order valence-electron chi connectivity index (χ1n) is 7.83. The standard InChI is InChI=1S/C18H14N6O2/c25-17(12-5-6-16(21-9-12)24-8-7-19-11-24)22-23-18(26)14-10-20-15-4-2-1-3-13(14)15/h1-11,20H,(H,22,25)(H,23,26). The number of amides is 2. The summed E-state index contributed by atoms with van der Waals surface area (Å²) >= 11 is 0. The molecule has 0 aliphatic carbocycles. The summed E-state index contributed by atoms with van der Waals surface area (Å²) in [5.41, 5.74) is 6.44. The predicted octanol–water partition coefficient (Wildman–Crippen LogP) is 1.82. The number of H-pyrrole nitrogens is 1. The molecule has 0 aliphatic rings. The molecule has 2 amide bonds. The van der Waals surface area contributed by atoms with E-state index in [0.29, 0.717) is 16.9 Å². The second kappa shape index (κ2) is 6.52. The van der Waals surface area contributed by atoms with E-state index in [1.807, 2.05) is 24.3 Å². The van der Waals surface area contributed by atoms with Crippen LogP contribution in [-0.2, 0) is 0 Å². The lowest BCUT2D eigenvalue weighted by Gasteiger charge is -2.07. The number of para-hydroxylation sites is 1. The monoisotopic (exact) mass is 346 g/mol. The van der Waals surface area contributed by atoms with Crippen molar-refractivity contribution in [3.8, 4) is 5.82 Å². The van der Waals surface area contributed by atoms with E-state index in [1.54, 1.807) is 41.6 Å². The molecule has 0 aliphatic heterocycles. The van der Waals surface area contributed by atoms with Crippen molar-refractivity contribution in [1.29, 1.82) is 0 Å². The minimum Gasteiger partial charge on any atom is -0.360 e. The molecule has 0 radical (unpaired) electrons. The van der Waals surface area contributed by atoms with Gasteiger partial charge in [-0.25, -0.2) is 9.97 Å². The van der Waals surface area contributed by atoms with E-state index in [1.165, 1.54) is 6.20 Å². The first-order valence-corrected chi connectivity index (χ1v) is 7.83. The van der Waals surface area contributed by atoms with Crippen LogP contribution in [0.2, 0.25) is 0 Å². The molecule has 8 nitrogen and oxygen atoms in total. The molecule has 128 valence electrons. The van der Waals surface area contributed by atoms with Crippen LogP contribution in [-0.4, -0.2) is 31.3 Å². The minimum absolute atomic E-state index is 0.327. The van der Waals surface area contributed by atoms with E-state index in [0.717, 1.165) is 10.9 Å². The second-order valence-electron chi connectivity index (χ2n) is 5.53. The van der Waals surface area contributed by atoms with Crippen molar-refractivity contribution in [3.05, 3.63) is 78.6 Å². The number of nitrogens with one attached hydrogen (secondary N) is 3. The number of hydrogen-bond acceptors (Lipinski definition) is 4. The zero-order valence-electron chi connectivity index (χ0n) is 13.5. The third-order valence-electron chi connectivity index (χ3n) is 3.90. The highest BCUT2D eigenvalue weighted by Gasteiger charge is 2.13. The number of carbonyl (C=O) groups is 2. The van der Waals surface area contributed by atoms with E-state index < -0.39 is 11.8 Å². The quantitative estimate of drug-likeness (QED) is 0.492. The summed E-state index contributed by atoms with van der Waals surface area (Å²) in [6.45, 7) is 0. The molecule has 3 aromatic heterocycles. The van der Waals surface area contributed by atoms with Gasteiger partial charge in [-0.1, -0.05) is 18.2 Å². The van der Waals surface area contributed by atoms with Gasteiger partial charge >= 0.3 is 0 Å². The average Bonchev–Trinajstić information content (AvgIpc) is 3.36. The van der Waals surface area contributed by atoms with Crippen molar-refractivity contribution in [1.82, 2.24) is 30.4 Å². The van der Waals surface area contributed by atoms with E-state index in [2.05, 4.69) is 25.8 Å². The predicted molar refractivity (Wildman–Crippen MR) is 94.6 cm³/mol. The highest BCUT2D eigenvalue weighted by Crippen LogP contribution is 2.17. The van der Waals surface area contributed by atoms with Gasteiger partial charge in [-0.15, -0.1) is 0 Å². The summed E-state index contributed by atoms with van der Waals surface area (Å²) in [6, 6.07) is 10.7. The summed E-state index contributed by atoms with van der Waals surface area (Å²) in [5.74, 6) is -0.219. The Hall–Kier alpha value is -3.94. The van der Waals surface area contributed by atoms with Crippen LogP contribution >= 0.6 is 0 Å². The molecule has 3 N–H and O–H groups in total. The third-order valence-corrected chi connectivity index (χ3v) is 3.90. The molecule has 0 fully saturated rings. The highest BCUT2D eigenvalue weighted by atomic mass is 16.2. The Bertz CT molecular complexity index is 1070. The molecule has 3 heterocycles. The fourth-order valence-electron chi connectivity index (χ4n) is 2.58. The lowest BCUT2D eigenvalue weighted by molar-refractivity contribution is 0.0847. The normalized spacial score (nSPS) is 10.6. The first-order chi connectivity index (χ1) is 12.7. The van der Waals surface area contributed by atoms with Crippen LogP contribution in [0.3, 0.4) is 0 Å². The highest BCUT2D eigenvalue weighted by molar-refractivity contribution is 6.07. The Kier molecular flexibility index (Phi) is 3.91. The van der Waals surface area contributed by atoms with Crippen molar-refractivity contribution < 1.29 is 9.59 Å². The Balaban J connectivity index is 1.43. The lowest BCUT2D eigenvalue weighted by Crippen LogP contribution is -2.41. The molecule has 0 unspecified atom stereocenters. The van der Waals surface area contributed by atoms with Crippen molar-refractivity contribution in [2.24, 2.45) is 0 Å². The summed E-state index contributed by atoms with van der Waals surface area (Å²) in [4.78, 5) is 35.6. The van der Waals surface area contributed by atoms with Crippen molar-refractivity contribution in [2.45, 2.75) is 0 Å². The molecule has 0 bridgehead atoms. The van der Waals surface area contributed by atoms with E-state index >= 15 is 0 Å². The van der Waals surface area contributed by atoms with Crippen LogP contribution in [0, 0.1) is 0 Å². The number of imidazole rings is 1. The minimum atomic E-state index is -0.456. The molecule has 0 atom stereocenters. The number of pyridine rings is 1. The number of rotatable bonds is 3. The molecule has 1 aromatic carbocycles. The van der Waals surface area contributed by atoms with Crippen molar-refractivity contribution in [3.63, 3.8) is 0 Å². The molecule has 0 saturated heterocycles.